The Morgan fingerprint density at radius 3 is 2.64 bits per heavy atom. The van der Waals surface area contributed by atoms with Gasteiger partial charge in [-0.25, -0.2) is 4.98 Å². The molecule has 5 rings (SSSR count). The summed E-state index contributed by atoms with van der Waals surface area (Å²) in [4.78, 5) is 19.8. The predicted octanol–water partition coefficient (Wildman–Crippen LogP) is 3.72. The molecule has 1 fully saturated rings. The van der Waals surface area contributed by atoms with Crippen LogP contribution in [0.2, 0.25) is 0 Å². The number of benzene rings is 2. The van der Waals surface area contributed by atoms with Crippen molar-refractivity contribution in [2.24, 2.45) is 0 Å². The second-order valence-corrected chi connectivity index (χ2v) is 9.76. The first-order valence-corrected chi connectivity index (χ1v) is 12.4. The van der Waals surface area contributed by atoms with Crippen molar-refractivity contribution < 1.29 is 4.79 Å². The van der Waals surface area contributed by atoms with Gasteiger partial charge in [0.15, 0.2) is 5.65 Å². The highest BCUT2D eigenvalue weighted by Crippen LogP contribution is 2.29. The fourth-order valence-electron chi connectivity index (χ4n) is 4.36. The molecule has 33 heavy (non-hydrogen) atoms. The Morgan fingerprint density at radius 1 is 1.06 bits per heavy atom. The topological polar surface area (TPSA) is 75.9 Å². The molecule has 1 unspecified atom stereocenters. The number of hydrogen-bond acceptors (Lipinski definition) is 6. The van der Waals surface area contributed by atoms with Crippen LogP contribution in [0.15, 0.2) is 59.8 Å². The molecule has 1 N–H and O–H groups in total. The van der Waals surface area contributed by atoms with Crippen LogP contribution in [0, 0.1) is 0 Å². The first-order valence-electron chi connectivity index (χ1n) is 11.5. The van der Waals surface area contributed by atoms with E-state index in [-0.39, 0.29) is 11.2 Å². The van der Waals surface area contributed by atoms with E-state index in [1.165, 1.54) is 30.2 Å². The fraction of sp³-hybridized carbons (Fsp3) is 0.360. The SMILES string of the molecule is CC(Sc1nnc2c3ccccc3n(Cc3ccccc3)c2n1)C(=O)NCCN1CCCC1. The van der Waals surface area contributed by atoms with Crippen molar-refractivity contribution in [3.05, 3.63) is 60.2 Å². The van der Waals surface area contributed by atoms with E-state index in [0.29, 0.717) is 18.2 Å². The summed E-state index contributed by atoms with van der Waals surface area (Å²) in [5, 5.41) is 13.2. The molecular weight excluding hydrogens is 432 g/mol. The Balaban J connectivity index is 1.35. The monoisotopic (exact) mass is 460 g/mol. The third-order valence-electron chi connectivity index (χ3n) is 6.12. The zero-order valence-corrected chi connectivity index (χ0v) is 19.6. The molecule has 1 atom stereocenters. The minimum Gasteiger partial charge on any atom is -0.354 e. The lowest BCUT2D eigenvalue weighted by atomic mass is 10.2. The molecule has 7 nitrogen and oxygen atoms in total. The molecule has 0 spiro atoms. The number of thioether (sulfide) groups is 1. The number of hydrogen-bond donors (Lipinski definition) is 1. The zero-order valence-electron chi connectivity index (χ0n) is 18.8. The molecule has 4 aromatic rings. The van der Waals surface area contributed by atoms with Crippen molar-refractivity contribution in [3.8, 4) is 0 Å². The molecule has 1 aliphatic rings. The summed E-state index contributed by atoms with van der Waals surface area (Å²) >= 11 is 1.35. The molecule has 1 aliphatic heterocycles. The molecule has 8 heteroatoms. The predicted molar refractivity (Wildman–Crippen MR) is 132 cm³/mol. The highest BCUT2D eigenvalue weighted by molar-refractivity contribution is 8.00. The van der Waals surface area contributed by atoms with Gasteiger partial charge in [-0.05, 0) is 44.5 Å². The third-order valence-corrected chi connectivity index (χ3v) is 7.07. The van der Waals surface area contributed by atoms with Crippen molar-refractivity contribution in [1.82, 2.24) is 30.0 Å². The van der Waals surface area contributed by atoms with Gasteiger partial charge in [-0.1, -0.05) is 60.3 Å². The molecule has 0 aliphatic carbocycles. The Morgan fingerprint density at radius 2 is 1.82 bits per heavy atom. The second-order valence-electron chi connectivity index (χ2n) is 8.46. The quantitative estimate of drug-likeness (QED) is 0.404. The summed E-state index contributed by atoms with van der Waals surface area (Å²) in [5.74, 6) is 0.00715. The van der Waals surface area contributed by atoms with E-state index in [9.17, 15) is 4.79 Å². The van der Waals surface area contributed by atoms with E-state index in [1.807, 2.05) is 37.3 Å². The largest absolute Gasteiger partial charge is 0.354 e. The van der Waals surface area contributed by atoms with Crippen LogP contribution >= 0.6 is 11.8 Å². The summed E-state index contributed by atoms with van der Waals surface area (Å²) < 4.78 is 2.18. The number of nitrogens with one attached hydrogen (secondary N) is 1. The van der Waals surface area contributed by atoms with Gasteiger partial charge in [0.1, 0.15) is 5.52 Å². The lowest BCUT2D eigenvalue weighted by molar-refractivity contribution is -0.120. The van der Waals surface area contributed by atoms with Crippen LogP contribution in [0.25, 0.3) is 22.1 Å². The standard InChI is InChI=1S/C25H28N6OS/c1-18(24(32)26-13-16-30-14-7-8-15-30)33-25-27-23-22(28-29-25)20-11-5-6-12-21(20)31(23)17-19-9-3-2-4-10-19/h2-6,9-12,18H,7-8,13-17H2,1H3,(H,26,32). The lowest BCUT2D eigenvalue weighted by Gasteiger charge is -2.16. The lowest BCUT2D eigenvalue weighted by Crippen LogP contribution is -2.37. The van der Waals surface area contributed by atoms with Crippen LogP contribution in [0.3, 0.4) is 0 Å². The van der Waals surface area contributed by atoms with Crippen molar-refractivity contribution >= 4 is 39.7 Å². The molecule has 1 saturated heterocycles. The van der Waals surface area contributed by atoms with Gasteiger partial charge in [0.05, 0.1) is 10.8 Å². The van der Waals surface area contributed by atoms with Crippen LogP contribution in [0.1, 0.15) is 25.3 Å². The van der Waals surface area contributed by atoms with Gasteiger partial charge in [-0.3, -0.25) is 4.79 Å². The Bertz CT molecular complexity index is 1250. The smallest absolute Gasteiger partial charge is 0.233 e. The number of rotatable bonds is 8. The minimum atomic E-state index is -0.297. The van der Waals surface area contributed by atoms with Gasteiger partial charge in [-0.15, -0.1) is 10.2 Å². The van der Waals surface area contributed by atoms with Gasteiger partial charge in [0, 0.05) is 25.0 Å². The number of para-hydroxylation sites is 1. The van der Waals surface area contributed by atoms with Crippen molar-refractivity contribution in [3.63, 3.8) is 0 Å². The van der Waals surface area contributed by atoms with Crippen molar-refractivity contribution in [2.75, 3.05) is 26.2 Å². The molecule has 3 heterocycles. The van der Waals surface area contributed by atoms with Crippen LogP contribution in [0.4, 0.5) is 0 Å². The van der Waals surface area contributed by atoms with Crippen LogP contribution in [0.5, 0.6) is 0 Å². The van der Waals surface area contributed by atoms with Crippen LogP contribution in [-0.4, -0.2) is 62.0 Å². The maximum atomic E-state index is 12.6. The molecule has 0 radical (unpaired) electrons. The number of amides is 1. The molecule has 2 aromatic heterocycles. The molecule has 2 aromatic carbocycles. The van der Waals surface area contributed by atoms with Crippen molar-refractivity contribution in [1.29, 1.82) is 0 Å². The van der Waals surface area contributed by atoms with Gasteiger partial charge in [0.2, 0.25) is 11.1 Å². The summed E-state index contributed by atoms with van der Waals surface area (Å²) in [5.41, 5.74) is 3.85. The van der Waals surface area contributed by atoms with Crippen molar-refractivity contribution in [2.45, 2.75) is 36.7 Å². The summed E-state index contributed by atoms with van der Waals surface area (Å²) in [6, 6.07) is 18.5. The van der Waals surface area contributed by atoms with E-state index in [4.69, 9.17) is 4.98 Å². The third kappa shape index (κ3) is 4.86. The van der Waals surface area contributed by atoms with Gasteiger partial charge in [-0.2, -0.15) is 0 Å². The molecular formula is C25H28N6OS. The highest BCUT2D eigenvalue weighted by atomic mass is 32.2. The Kier molecular flexibility index (Phi) is 6.55. The summed E-state index contributed by atoms with van der Waals surface area (Å²) in [6.07, 6.45) is 2.52. The number of likely N-dealkylation sites (tertiary alicyclic amines) is 1. The number of nitrogens with zero attached hydrogens (tertiary/aromatic N) is 5. The molecule has 0 saturated carbocycles. The Labute approximate surface area is 197 Å². The van der Waals surface area contributed by atoms with E-state index >= 15 is 0 Å². The maximum absolute atomic E-state index is 12.6. The van der Waals surface area contributed by atoms with E-state index in [0.717, 1.165) is 41.7 Å². The summed E-state index contributed by atoms with van der Waals surface area (Å²) in [7, 11) is 0. The molecule has 170 valence electrons. The molecule has 1 amide bonds. The van der Waals surface area contributed by atoms with Gasteiger partial charge >= 0.3 is 0 Å². The average molecular weight is 461 g/mol. The number of carbonyl (C=O) groups is 1. The second kappa shape index (κ2) is 9.89. The van der Waals surface area contributed by atoms with Gasteiger partial charge in [0.25, 0.3) is 0 Å². The summed E-state index contributed by atoms with van der Waals surface area (Å²) in [6.45, 7) is 6.44. The highest BCUT2D eigenvalue weighted by Gasteiger charge is 2.20. The zero-order chi connectivity index (χ0) is 22.6. The van der Waals surface area contributed by atoms with E-state index in [1.54, 1.807) is 0 Å². The first kappa shape index (κ1) is 21.9. The van der Waals surface area contributed by atoms with Crippen LogP contribution < -0.4 is 5.32 Å². The van der Waals surface area contributed by atoms with Crippen LogP contribution in [-0.2, 0) is 11.3 Å². The van der Waals surface area contributed by atoms with Gasteiger partial charge < -0.3 is 14.8 Å². The maximum Gasteiger partial charge on any atom is 0.233 e. The average Bonchev–Trinajstić information content (AvgIpc) is 3.46. The number of aromatic nitrogens is 4. The number of carbonyl (C=O) groups excluding carboxylic acids is 1. The first-order chi connectivity index (χ1) is 16.2. The Hall–Kier alpha value is -2.97. The minimum absolute atomic E-state index is 0.00715. The normalized spacial score (nSPS) is 15.3. The fourth-order valence-corrected chi connectivity index (χ4v) is 5.10. The van der Waals surface area contributed by atoms with E-state index in [2.05, 4.69) is 49.2 Å². The number of fused-ring (bicyclic) bond motifs is 3. The van der Waals surface area contributed by atoms with E-state index < -0.39 is 0 Å². The molecule has 0 bridgehead atoms.